The first-order valence-electron chi connectivity index (χ1n) is 11.4. The van der Waals surface area contributed by atoms with Crippen molar-refractivity contribution in [2.45, 2.75) is 44.3 Å². The Morgan fingerprint density at radius 2 is 2.00 bits per heavy atom. The van der Waals surface area contributed by atoms with Crippen LogP contribution in [0.1, 0.15) is 34.0 Å². The lowest BCUT2D eigenvalue weighted by molar-refractivity contribution is -0.227. The van der Waals surface area contributed by atoms with Crippen LogP contribution in [0.5, 0.6) is 5.75 Å². The van der Waals surface area contributed by atoms with E-state index in [1.54, 1.807) is 12.0 Å². The van der Waals surface area contributed by atoms with E-state index in [1.807, 2.05) is 24.3 Å². The van der Waals surface area contributed by atoms with Crippen LogP contribution in [0, 0.1) is 5.92 Å². The lowest BCUT2D eigenvalue weighted by atomic mass is 9.86. The first kappa shape index (κ1) is 18.3. The molecule has 1 spiro atoms. The maximum atomic E-state index is 13.1. The third-order valence-electron chi connectivity index (χ3n) is 5.65. The van der Waals surface area contributed by atoms with Crippen LogP contribution >= 0.6 is 0 Å². The van der Waals surface area contributed by atoms with Gasteiger partial charge in [0, 0.05) is 15.9 Å². The van der Waals surface area contributed by atoms with Gasteiger partial charge < -0.3 is 23.7 Å². The van der Waals surface area contributed by atoms with Gasteiger partial charge in [0.25, 0.3) is 0 Å². The maximum Gasteiger partial charge on any atom is 0.191 e. The smallest absolute Gasteiger partial charge is 0.191 e. The minimum Gasteiger partial charge on any atom is -0.497 e. The molecule has 0 aliphatic carbocycles. The summed E-state index contributed by atoms with van der Waals surface area (Å²) in [5.41, 5.74) is 0.945. The molecule has 1 aromatic carbocycles. The monoisotopic (exact) mass is 407 g/mol. The number of methoxy groups -OCH3 is 1. The summed E-state index contributed by atoms with van der Waals surface area (Å²) in [7, 11) is 1.61. The zero-order valence-corrected chi connectivity index (χ0v) is 16.9. The van der Waals surface area contributed by atoms with Gasteiger partial charge in [-0.1, -0.05) is 12.1 Å². The molecule has 160 valence electrons. The molecule has 1 aromatic rings. The molecule has 0 saturated carbocycles. The Morgan fingerprint density at radius 3 is 2.69 bits per heavy atom. The van der Waals surface area contributed by atoms with Gasteiger partial charge in [0.2, 0.25) is 0 Å². The molecule has 7 heteroatoms. The topological polar surface area (TPSA) is 66.5 Å². The zero-order valence-electron chi connectivity index (χ0n) is 18.9. The van der Waals surface area contributed by atoms with Gasteiger partial charge in [0.05, 0.1) is 32.7 Å². The van der Waals surface area contributed by atoms with Crippen LogP contribution in [0.4, 0.5) is 0 Å². The fraction of sp³-hybridized carbons (Fsp3) is 0.682. The molecule has 3 heterocycles. The molecule has 0 aromatic heterocycles. The molecule has 3 aliphatic heterocycles. The van der Waals surface area contributed by atoms with Crippen molar-refractivity contribution < 1.29 is 31.2 Å². The number of ketones is 1. The van der Waals surface area contributed by atoms with Gasteiger partial charge in [0.15, 0.2) is 17.9 Å². The van der Waals surface area contributed by atoms with Gasteiger partial charge in [0.1, 0.15) is 12.4 Å². The van der Waals surface area contributed by atoms with Crippen LogP contribution in [-0.4, -0.2) is 69.3 Å². The second kappa shape index (κ2) is 9.53. The number of carbonyl (C=O) groups is 1. The number of nitrogens with zero attached hydrogens (tertiary/aromatic N) is 1. The predicted octanol–water partition coefficient (Wildman–Crippen LogP) is 2.37. The van der Waals surface area contributed by atoms with Gasteiger partial charge >= 0.3 is 0 Å². The molecule has 2 atom stereocenters. The van der Waals surface area contributed by atoms with Crippen molar-refractivity contribution in [3.8, 4) is 5.75 Å². The van der Waals surface area contributed by atoms with Crippen LogP contribution < -0.4 is 4.74 Å². The van der Waals surface area contributed by atoms with E-state index >= 15 is 0 Å². The summed E-state index contributed by atoms with van der Waals surface area (Å²) in [6, 6.07) is 7.52. The van der Waals surface area contributed by atoms with Crippen LogP contribution in [-0.2, 0) is 30.3 Å². The van der Waals surface area contributed by atoms with E-state index in [9.17, 15) is 4.79 Å². The fourth-order valence-electron chi connectivity index (χ4n) is 4.08. The Kier molecular flexibility index (Phi) is 6.01. The number of benzene rings is 1. The minimum absolute atomic E-state index is 0.127. The molecule has 3 fully saturated rings. The van der Waals surface area contributed by atoms with Crippen molar-refractivity contribution in [2.24, 2.45) is 5.92 Å². The first-order valence-corrected chi connectivity index (χ1v) is 10.4. The highest BCUT2D eigenvalue weighted by molar-refractivity contribution is 5.83. The van der Waals surface area contributed by atoms with Crippen molar-refractivity contribution in [1.29, 1.82) is 0 Å². The molecule has 0 N–H and O–H groups in total. The lowest BCUT2D eigenvalue weighted by Crippen LogP contribution is -2.57. The molecule has 29 heavy (non-hydrogen) atoms. The Bertz CT molecular complexity index is 747. The zero-order chi connectivity index (χ0) is 21.9. The van der Waals surface area contributed by atoms with Crippen molar-refractivity contribution in [2.75, 3.05) is 46.6 Å². The number of piperidine rings is 1. The largest absolute Gasteiger partial charge is 0.497 e. The number of carbonyl (C=O) groups excluding carboxylic acids is 1. The number of ether oxygens (including phenoxy) is 5. The highest BCUT2D eigenvalue weighted by Crippen LogP contribution is 2.37. The van der Waals surface area contributed by atoms with E-state index in [1.165, 1.54) is 0 Å². The van der Waals surface area contributed by atoms with Crippen LogP contribution in [0.15, 0.2) is 24.3 Å². The van der Waals surface area contributed by atoms with E-state index in [2.05, 4.69) is 0 Å². The minimum atomic E-state index is -1.98. The summed E-state index contributed by atoms with van der Waals surface area (Å²) in [6.45, 7) is -0.176. The Labute approximate surface area is 175 Å². The second-order valence-corrected chi connectivity index (χ2v) is 7.66. The van der Waals surface area contributed by atoms with Gasteiger partial charge in [-0.3, -0.25) is 9.69 Å². The molecule has 0 amide bonds. The van der Waals surface area contributed by atoms with Crippen molar-refractivity contribution in [3.05, 3.63) is 29.8 Å². The quantitative estimate of drug-likeness (QED) is 0.687. The lowest BCUT2D eigenvalue weighted by Gasteiger charge is -2.43. The summed E-state index contributed by atoms with van der Waals surface area (Å²) in [4.78, 5) is 14.8. The van der Waals surface area contributed by atoms with Crippen LogP contribution in [0.3, 0.4) is 0 Å². The molecule has 2 unspecified atom stereocenters. The molecular formula is C22H31NO6. The molecular weight excluding hydrogens is 374 g/mol. The standard InChI is InChI=1S/C22H31NO6/c1-25-18-7-5-17(6-8-18)14-23-10-9-19(22(16-23)28-12-13-29-22)20(24)15-27-21-4-2-3-11-26-21/h5-8,19,21H,2-4,9-16H2,1H3/i16D2. The third-order valence-corrected chi connectivity index (χ3v) is 5.65. The van der Waals surface area contributed by atoms with Crippen molar-refractivity contribution in [1.82, 2.24) is 4.90 Å². The van der Waals surface area contributed by atoms with E-state index in [4.69, 9.17) is 26.4 Å². The molecule has 3 aliphatic rings. The van der Waals surface area contributed by atoms with Crippen molar-refractivity contribution >= 4 is 5.78 Å². The first-order chi connectivity index (χ1) is 15.0. The number of likely N-dealkylation sites (tertiary alicyclic amines) is 1. The summed E-state index contributed by atoms with van der Waals surface area (Å²) >= 11 is 0. The Balaban J connectivity index is 1.47. The number of hydrogen-bond acceptors (Lipinski definition) is 7. The SMILES string of the molecule is [2H]C1([2H])N(Cc2ccc(OC)cc2)CCC(C(=O)COC2CCCCO2)C12OCCO2. The van der Waals surface area contributed by atoms with Gasteiger partial charge in [-0.25, -0.2) is 0 Å². The second-order valence-electron chi connectivity index (χ2n) is 7.66. The van der Waals surface area contributed by atoms with Crippen LogP contribution in [0.2, 0.25) is 0 Å². The number of hydrogen-bond donors (Lipinski definition) is 0. The average Bonchev–Trinajstić information content (AvgIpc) is 3.28. The molecule has 0 radical (unpaired) electrons. The third kappa shape index (κ3) is 4.98. The summed E-state index contributed by atoms with van der Waals surface area (Å²) < 4.78 is 46.0. The van der Waals surface area contributed by atoms with Gasteiger partial charge in [-0.2, -0.15) is 0 Å². The Hall–Kier alpha value is -1.51. The predicted molar refractivity (Wildman–Crippen MR) is 106 cm³/mol. The molecule has 3 saturated heterocycles. The maximum absolute atomic E-state index is 13.1. The summed E-state index contributed by atoms with van der Waals surface area (Å²) in [6.07, 6.45) is 2.86. The number of Topliss-reactive ketones (excluding diaryl/α,β-unsaturated/α-hetero) is 1. The van der Waals surface area contributed by atoms with E-state index in [0.29, 0.717) is 26.1 Å². The molecule has 7 nitrogen and oxygen atoms in total. The average molecular weight is 408 g/mol. The summed E-state index contributed by atoms with van der Waals surface area (Å²) in [5, 5.41) is 0. The molecule has 0 bridgehead atoms. The Morgan fingerprint density at radius 1 is 1.21 bits per heavy atom. The molecule has 4 rings (SSSR count). The van der Waals surface area contributed by atoms with Gasteiger partial charge in [-0.05, 0) is 49.9 Å². The highest BCUT2D eigenvalue weighted by Gasteiger charge is 2.51. The van der Waals surface area contributed by atoms with Crippen molar-refractivity contribution in [3.63, 3.8) is 0 Å². The van der Waals surface area contributed by atoms with E-state index < -0.39 is 18.2 Å². The normalized spacial score (nSPS) is 30.0. The van der Waals surface area contributed by atoms with Crippen LogP contribution in [0.25, 0.3) is 0 Å². The highest BCUT2D eigenvalue weighted by atomic mass is 16.7. The number of rotatable bonds is 7. The van der Waals surface area contributed by atoms with E-state index in [-0.39, 0.29) is 31.9 Å². The fourth-order valence-corrected chi connectivity index (χ4v) is 4.08. The van der Waals surface area contributed by atoms with E-state index in [0.717, 1.165) is 30.6 Å². The van der Waals surface area contributed by atoms with Gasteiger partial charge in [-0.15, -0.1) is 0 Å². The summed E-state index contributed by atoms with van der Waals surface area (Å²) in [5.74, 6) is -1.83.